The van der Waals surface area contributed by atoms with E-state index in [0.29, 0.717) is 16.3 Å². The molecule has 0 unspecified atom stereocenters. The van der Waals surface area contributed by atoms with Gasteiger partial charge in [-0.15, -0.1) is 11.3 Å². The van der Waals surface area contributed by atoms with Crippen LogP contribution in [0.5, 0.6) is 0 Å². The summed E-state index contributed by atoms with van der Waals surface area (Å²) in [5.41, 5.74) is 1.68. The molecule has 20 heavy (non-hydrogen) atoms. The van der Waals surface area contributed by atoms with Crippen LogP contribution in [-0.2, 0) is 23.2 Å². The van der Waals surface area contributed by atoms with Gasteiger partial charge in [0.1, 0.15) is 4.21 Å². The molecule has 2 aromatic rings. The van der Waals surface area contributed by atoms with Crippen molar-refractivity contribution in [3.8, 4) is 0 Å². The Kier molecular flexibility index (Phi) is 3.96. The lowest BCUT2D eigenvalue weighted by Gasteiger charge is -2.20. The van der Waals surface area contributed by atoms with Gasteiger partial charge < -0.3 is 5.11 Å². The van der Waals surface area contributed by atoms with E-state index in [1.54, 1.807) is 27.1 Å². The minimum atomic E-state index is -3.46. The third-order valence-corrected chi connectivity index (χ3v) is 7.34. The number of rotatable bonds is 6. The smallest absolute Gasteiger partial charge is 0.253 e. The van der Waals surface area contributed by atoms with Crippen LogP contribution in [0.25, 0.3) is 0 Å². The van der Waals surface area contributed by atoms with Gasteiger partial charge in [0.05, 0.1) is 6.61 Å². The third-order valence-electron chi connectivity index (χ3n) is 3.25. The van der Waals surface area contributed by atoms with Crippen LogP contribution in [0.2, 0.25) is 0 Å². The summed E-state index contributed by atoms with van der Waals surface area (Å²) in [6.45, 7) is 0.308. The van der Waals surface area contributed by atoms with E-state index < -0.39 is 10.0 Å². The second-order valence-electron chi connectivity index (χ2n) is 4.85. The lowest BCUT2D eigenvalue weighted by atomic mass is 10.3. The molecule has 2 aromatic heterocycles. The molecule has 0 aliphatic heterocycles. The van der Waals surface area contributed by atoms with Crippen LogP contribution in [0.1, 0.15) is 24.0 Å². The van der Waals surface area contributed by atoms with Crippen molar-refractivity contribution in [1.29, 1.82) is 0 Å². The molecule has 1 N–H and O–H groups in total. The number of hydrogen-bond acceptors (Lipinski definition) is 5. The molecule has 1 saturated carbocycles. The van der Waals surface area contributed by atoms with Crippen LogP contribution >= 0.6 is 22.7 Å². The van der Waals surface area contributed by atoms with Crippen molar-refractivity contribution in [2.45, 2.75) is 36.2 Å². The van der Waals surface area contributed by atoms with Gasteiger partial charge >= 0.3 is 0 Å². The Morgan fingerprint density at radius 1 is 1.30 bits per heavy atom. The maximum Gasteiger partial charge on any atom is 0.253 e. The molecule has 7 heteroatoms. The van der Waals surface area contributed by atoms with Gasteiger partial charge in [0.25, 0.3) is 10.0 Å². The van der Waals surface area contributed by atoms with Crippen LogP contribution in [0.3, 0.4) is 0 Å². The molecule has 3 rings (SSSR count). The zero-order chi connectivity index (χ0) is 14.2. The second-order valence-corrected chi connectivity index (χ2v) is 8.65. The van der Waals surface area contributed by atoms with Crippen LogP contribution in [-0.4, -0.2) is 23.9 Å². The first-order valence-corrected chi connectivity index (χ1v) is 9.58. The van der Waals surface area contributed by atoms with Gasteiger partial charge in [-0.3, -0.25) is 0 Å². The van der Waals surface area contributed by atoms with Crippen molar-refractivity contribution < 1.29 is 13.5 Å². The summed E-state index contributed by atoms with van der Waals surface area (Å²) in [5.74, 6) is 0. The molecular weight excluding hydrogens is 314 g/mol. The highest BCUT2D eigenvalue weighted by atomic mass is 32.2. The summed E-state index contributed by atoms with van der Waals surface area (Å²) in [4.78, 5) is 0. The molecule has 0 aromatic carbocycles. The average Bonchev–Trinajstić information content (AvgIpc) is 2.96. The number of sulfonamides is 1. The van der Waals surface area contributed by atoms with Gasteiger partial charge in [0, 0.05) is 12.6 Å². The summed E-state index contributed by atoms with van der Waals surface area (Å²) in [7, 11) is -3.46. The van der Waals surface area contributed by atoms with Crippen LogP contribution < -0.4 is 0 Å². The van der Waals surface area contributed by atoms with Crippen LogP contribution in [0.15, 0.2) is 32.5 Å². The fourth-order valence-corrected chi connectivity index (χ4v) is 5.68. The average molecular weight is 329 g/mol. The maximum absolute atomic E-state index is 12.7. The Morgan fingerprint density at radius 2 is 2.10 bits per heavy atom. The fourth-order valence-electron chi connectivity index (χ4n) is 2.02. The van der Waals surface area contributed by atoms with Crippen molar-refractivity contribution in [3.63, 3.8) is 0 Å². The van der Waals surface area contributed by atoms with Gasteiger partial charge in [-0.2, -0.15) is 15.6 Å². The molecule has 1 aliphatic rings. The molecule has 0 saturated heterocycles. The molecule has 1 aliphatic carbocycles. The quantitative estimate of drug-likeness (QED) is 0.886. The van der Waals surface area contributed by atoms with Gasteiger partial charge in [-0.1, -0.05) is 0 Å². The molecule has 0 radical (unpaired) electrons. The topological polar surface area (TPSA) is 57.6 Å². The standard InChI is InChI=1S/C13H15NO3S3/c15-7-11-5-13(19-9-11)20(16,17)14(12-1-2-12)6-10-3-4-18-8-10/h3-5,8-9,12,15H,1-2,6-7H2. The molecule has 0 spiro atoms. The van der Waals surface area contributed by atoms with Crippen LogP contribution in [0.4, 0.5) is 0 Å². The molecule has 4 nitrogen and oxygen atoms in total. The van der Waals surface area contributed by atoms with E-state index in [4.69, 9.17) is 5.11 Å². The minimum Gasteiger partial charge on any atom is -0.392 e. The van der Waals surface area contributed by atoms with Gasteiger partial charge in [-0.05, 0) is 52.2 Å². The minimum absolute atomic E-state index is 0.125. The molecule has 1 fully saturated rings. The van der Waals surface area contributed by atoms with E-state index in [-0.39, 0.29) is 12.6 Å². The third kappa shape index (κ3) is 2.82. The van der Waals surface area contributed by atoms with Gasteiger partial charge in [0.15, 0.2) is 0 Å². The summed E-state index contributed by atoms with van der Waals surface area (Å²) < 4.78 is 27.4. The summed E-state index contributed by atoms with van der Waals surface area (Å²) in [6, 6.07) is 3.66. The largest absolute Gasteiger partial charge is 0.392 e. The van der Waals surface area contributed by atoms with E-state index in [1.807, 2.05) is 16.8 Å². The van der Waals surface area contributed by atoms with Gasteiger partial charge in [0.2, 0.25) is 0 Å². The molecule has 0 bridgehead atoms. The molecule has 2 heterocycles. The first kappa shape index (κ1) is 14.2. The predicted octanol–water partition coefficient (Wildman–Crippen LogP) is 2.66. The summed E-state index contributed by atoms with van der Waals surface area (Å²) >= 11 is 2.76. The number of hydrogen-bond donors (Lipinski definition) is 1. The van der Waals surface area contributed by atoms with E-state index >= 15 is 0 Å². The van der Waals surface area contributed by atoms with Crippen molar-refractivity contribution in [3.05, 3.63) is 39.4 Å². The van der Waals surface area contributed by atoms with Crippen molar-refractivity contribution in [2.75, 3.05) is 0 Å². The highest BCUT2D eigenvalue weighted by Crippen LogP contribution is 2.35. The Bertz CT molecular complexity index is 672. The summed E-state index contributed by atoms with van der Waals surface area (Å²) in [5, 5.41) is 14.7. The fraction of sp³-hybridized carbons (Fsp3) is 0.385. The molecular formula is C13H15NO3S3. The maximum atomic E-state index is 12.7. The first-order chi connectivity index (χ1) is 9.61. The number of aliphatic hydroxyl groups excluding tert-OH is 1. The Hall–Kier alpha value is -0.730. The first-order valence-electron chi connectivity index (χ1n) is 6.32. The summed E-state index contributed by atoms with van der Waals surface area (Å²) in [6.07, 6.45) is 1.86. The van der Waals surface area contributed by atoms with Crippen LogP contribution in [0, 0.1) is 0 Å². The van der Waals surface area contributed by atoms with Gasteiger partial charge in [-0.25, -0.2) is 8.42 Å². The molecule has 108 valence electrons. The van der Waals surface area contributed by atoms with Crippen molar-refractivity contribution >= 4 is 32.7 Å². The van der Waals surface area contributed by atoms with Crippen molar-refractivity contribution in [2.24, 2.45) is 0 Å². The van der Waals surface area contributed by atoms with Crippen molar-refractivity contribution in [1.82, 2.24) is 4.31 Å². The number of nitrogens with zero attached hydrogens (tertiary/aromatic N) is 1. The SMILES string of the molecule is O=S(=O)(c1cc(CO)cs1)N(Cc1ccsc1)C1CC1. The Morgan fingerprint density at radius 3 is 2.65 bits per heavy atom. The lowest BCUT2D eigenvalue weighted by molar-refractivity contribution is 0.282. The second kappa shape index (κ2) is 5.57. The molecule has 0 amide bonds. The molecule has 0 atom stereocenters. The monoisotopic (exact) mass is 329 g/mol. The lowest BCUT2D eigenvalue weighted by Crippen LogP contribution is -2.32. The van der Waals surface area contributed by atoms with E-state index in [0.717, 1.165) is 18.4 Å². The van der Waals surface area contributed by atoms with E-state index in [9.17, 15) is 8.42 Å². The number of thiophene rings is 2. The van der Waals surface area contributed by atoms with E-state index in [1.165, 1.54) is 11.3 Å². The zero-order valence-corrected chi connectivity index (χ0v) is 13.2. The Labute approximate surface area is 126 Å². The Balaban J connectivity index is 1.89. The highest BCUT2D eigenvalue weighted by Gasteiger charge is 2.38. The normalized spacial score (nSPS) is 15.9. The predicted molar refractivity (Wildman–Crippen MR) is 80.3 cm³/mol. The number of aliphatic hydroxyl groups is 1. The zero-order valence-electron chi connectivity index (χ0n) is 10.7. The highest BCUT2D eigenvalue weighted by molar-refractivity contribution is 7.91. The van der Waals surface area contributed by atoms with E-state index in [2.05, 4.69) is 0 Å².